The lowest BCUT2D eigenvalue weighted by Crippen LogP contribution is -2.20. The predicted molar refractivity (Wildman–Crippen MR) is 50.6 cm³/mol. The molecule has 0 spiro atoms. The maximum Gasteiger partial charge on any atom is 0.266 e. The number of rotatable bonds is 1. The van der Waals surface area contributed by atoms with E-state index >= 15 is 0 Å². The summed E-state index contributed by atoms with van der Waals surface area (Å²) in [5, 5.41) is 2.83. The number of nitrogens with one attached hydrogen (secondary N) is 2. The predicted octanol–water partition coefficient (Wildman–Crippen LogP) is 0.160. The fourth-order valence-electron chi connectivity index (χ4n) is 1.33. The van der Waals surface area contributed by atoms with Crippen LogP contribution in [0.25, 0.3) is 0 Å². The van der Waals surface area contributed by atoms with Crippen molar-refractivity contribution in [1.29, 1.82) is 0 Å². The van der Waals surface area contributed by atoms with Crippen LogP contribution in [0.5, 0.6) is 0 Å². The second-order valence-corrected chi connectivity index (χ2v) is 4.55. The Morgan fingerprint density at radius 2 is 2.07 bits per heavy atom. The van der Waals surface area contributed by atoms with Gasteiger partial charge in [0.25, 0.3) is 15.9 Å². The minimum Gasteiger partial charge on any atom is -0.388 e. The van der Waals surface area contributed by atoms with Crippen molar-refractivity contribution >= 4 is 21.6 Å². The fourth-order valence-corrected chi connectivity index (χ4v) is 2.48. The van der Waals surface area contributed by atoms with Gasteiger partial charge in [0.2, 0.25) is 0 Å². The maximum atomic E-state index is 11.3. The Hall–Kier alpha value is -1.56. The maximum absolute atomic E-state index is 11.3. The van der Waals surface area contributed by atoms with Crippen LogP contribution in [-0.2, 0) is 10.0 Å². The summed E-state index contributed by atoms with van der Waals surface area (Å²) in [6.07, 6.45) is 0. The summed E-state index contributed by atoms with van der Waals surface area (Å²) in [6.45, 7) is 0. The Balaban J connectivity index is 2.70. The zero-order valence-electron chi connectivity index (χ0n) is 7.37. The van der Waals surface area contributed by atoms with E-state index in [1.54, 1.807) is 13.1 Å². The average Bonchev–Trinajstić information content (AvgIpc) is 2.37. The number of benzene rings is 1. The molecule has 1 heterocycles. The lowest BCUT2D eigenvalue weighted by molar-refractivity contribution is 0.0985. The minimum absolute atomic E-state index is 0.0431. The molecule has 74 valence electrons. The number of anilines is 1. The van der Waals surface area contributed by atoms with Gasteiger partial charge in [0, 0.05) is 12.7 Å². The zero-order chi connectivity index (χ0) is 10.3. The van der Waals surface area contributed by atoms with Gasteiger partial charge in [0.1, 0.15) is 4.90 Å². The van der Waals surface area contributed by atoms with Gasteiger partial charge in [-0.1, -0.05) is 0 Å². The summed E-state index contributed by atoms with van der Waals surface area (Å²) in [7, 11) is -1.91. The third kappa shape index (κ3) is 1.15. The first-order valence-corrected chi connectivity index (χ1v) is 5.42. The van der Waals surface area contributed by atoms with E-state index in [2.05, 4.69) is 5.32 Å². The molecule has 1 aliphatic rings. The molecule has 1 aliphatic heterocycles. The van der Waals surface area contributed by atoms with E-state index < -0.39 is 15.9 Å². The summed E-state index contributed by atoms with van der Waals surface area (Å²) in [5.41, 5.74) is 0.896. The quantitative estimate of drug-likeness (QED) is 0.695. The van der Waals surface area contributed by atoms with Crippen LogP contribution in [0.4, 0.5) is 5.69 Å². The molecule has 0 aromatic heterocycles. The molecular formula is C8H8N2O3S. The van der Waals surface area contributed by atoms with Crippen LogP contribution in [0, 0.1) is 0 Å². The second-order valence-electron chi connectivity index (χ2n) is 2.90. The number of carbonyl (C=O) groups is 1. The smallest absolute Gasteiger partial charge is 0.266 e. The normalized spacial score (nSPS) is 17.4. The molecule has 5 nitrogen and oxygen atoms in total. The van der Waals surface area contributed by atoms with E-state index in [1.807, 2.05) is 4.72 Å². The number of hydrogen-bond acceptors (Lipinski definition) is 4. The molecule has 2 rings (SSSR count). The highest BCUT2D eigenvalue weighted by Crippen LogP contribution is 2.24. The van der Waals surface area contributed by atoms with Gasteiger partial charge < -0.3 is 5.32 Å². The molecular weight excluding hydrogens is 204 g/mol. The first-order chi connectivity index (χ1) is 6.54. The lowest BCUT2D eigenvalue weighted by atomic mass is 10.2. The summed E-state index contributed by atoms with van der Waals surface area (Å²) in [6, 6.07) is 4.53. The van der Waals surface area contributed by atoms with E-state index in [9.17, 15) is 13.2 Å². The van der Waals surface area contributed by atoms with E-state index in [4.69, 9.17) is 0 Å². The van der Waals surface area contributed by atoms with Crippen LogP contribution >= 0.6 is 0 Å². The van der Waals surface area contributed by atoms with Crippen molar-refractivity contribution in [2.45, 2.75) is 4.90 Å². The van der Waals surface area contributed by atoms with Crippen LogP contribution in [0.3, 0.4) is 0 Å². The standard InChI is InChI=1S/C8H8N2O3S/c1-9-5-2-3-7-6(4-5)8(11)10-14(7,12)13/h2-4,9H,1H3,(H,10,11). The monoisotopic (exact) mass is 212 g/mol. The van der Waals surface area contributed by atoms with Crippen molar-refractivity contribution in [2.24, 2.45) is 0 Å². The largest absolute Gasteiger partial charge is 0.388 e. The van der Waals surface area contributed by atoms with Gasteiger partial charge in [0.05, 0.1) is 5.56 Å². The number of carbonyl (C=O) groups excluding carboxylic acids is 1. The Labute approximate surface area is 81.2 Å². The van der Waals surface area contributed by atoms with Crippen molar-refractivity contribution in [2.75, 3.05) is 12.4 Å². The zero-order valence-corrected chi connectivity index (χ0v) is 8.18. The van der Waals surface area contributed by atoms with Crippen LogP contribution in [-0.4, -0.2) is 21.4 Å². The van der Waals surface area contributed by atoms with Crippen LogP contribution < -0.4 is 10.0 Å². The van der Waals surface area contributed by atoms with Gasteiger partial charge in [-0.15, -0.1) is 0 Å². The molecule has 0 fully saturated rings. The van der Waals surface area contributed by atoms with Crippen molar-refractivity contribution in [3.8, 4) is 0 Å². The summed E-state index contributed by atoms with van der Waals surface area (Å²) >= 11 is 0. The van der Waals surface area contributed by atoms with E-state index in [1.165, 1.54) is 12.1 Å². The van der Waals surface area contributed by atoms with Crippen molar-refractivity contribution in [3.05, 3.63) is 23.8 Å². The number of sulfonamides is 1. The Bertz CT molecular complexity index is 507. The molecule has 1 aromatic rings. The summed E-state index contributed by atoms with van der Waals surface area (Å²) in [5.74, 6) is -0.572. The molecule has 1 aromatic carbocycles. The molecule has 0 unspecified atom stereocenters. The molecule has 0 saturated heterocycles. The molecule has 0 aliphatic carbocycles. The highest BCUT2D eigenvalue weighted by atomic mass is 32.2. The van der Waals surface area contributed by atoms with E-state index in [0.29, 0.717) is 5.69 Å². The van der Waals surface area contributed by atoms with Gasteiger partial charge in [0.15, 0.2) is 0 Å². The number of amides is 1. The summed E-state index contributed by atoms with van der Waals surface area (Å²) in [4.78, 5) is 11.3. The highest BCUT2D eigenvalue weighted by Gasteiger charge is 2.32. The lowest BCUT2D eigenvalue weighted by Gasteiger charge is -2.00. The van der Waals surface area contributed by atoms with Gasteiger partial charge in [-0.05, 0) is 18.2 Å². The number of fused-ring (bicyclic) bond motifs is 1. The van der Waals surface area contributed by atoms with Crippen molar-refractivity contribution < 1.29 is 13.2 Å². The summed E-state index contributed by atoms with van der Waals surface area (Å²) < 4.78 is 24.5. The Kier molecular flexibility index (Phi) is 1.75. The molecule has 1 amide bonds. The van der Waals surface area contributed by atoms with Gasteiger partial charge in [-0.2, -0.15) is 0 Å². The van der Waals surface area contributed by atoms with Crippen molar-refractivity contribution in [1.82, 2.24) is 4.72 Å². The third-order valence-electron chi connectivity index (χ3n) is 2.03. The van der Waals surface area contributed by atoms with Crippen LogP contribution in [0.2, 0.25) is 0 Å². The fraction of sp³-hybridized carbons (Fsp3) is 0.125. The topological polar surface area (TPSA) is 75.3 Å². The van der Waals surface area contributed by atoms with Gasteiger partial charge >= 0.3 is 0 Å². The third-order valence-corrected chi connectivity index (χ3v) is 3.42. The van der Waals surface area contributed by atoms with Crippen molar-refractivity contribution in [3.63, 3.8) is 0 Å². The van der Waals surface area contributed by atoms with E-state index in [-0.39, 0.29) is 10.5 Å². The van der Waals surface area contributed by atoms with Crippen LogP contribution in [0.1, 0.15) is 10.4 Å². The van der Waals surface area contributed by atoms with Gasteiger partial charge in [-0.25, -0.2) is 13.1 Å². The average molecular weight is 212 g/mol. The molecule has 0 atom stereocenters. The minimum atomic E-state index is -3.61. The highest BCUT2D eigenvalue weighted by molar-refractivity contribution is 7.90. The molecule has 2 N–H and O–H groups in total. The molecule has 14 heavy (non-hydrogen) atoms. The first-order valence-electron chi connectivity index (χ1n) is 3.93. The van der Waals surface area contributed by atoms with Gasteiger partial charge in [-0.3, -0.25) is 4.79 Å². The SMILES string of the molecule is CNc1ccc2c(c1)C(=O)NS2(=O)=O. The molecule has 0 saturated carbocycles. The second kappa shape index (κ2) is 2.71. The Morgan fingerprint density at radius 3 is 2.71 bits per heavy atom. The van der Waals surface area contributed by atoms with E-state index in [0.717, 1.165) is 0 Å². The number of hydrogen-bond donors (Lipinski definition) is 2. The molecule has 0 radical (unpaired) electrons. The first kappa shape index (κ1) is 9.01. The Morgan fingerprint density at radius 1 is 1.36 bits per heavy atom. The molecule has 0 bridgehead atoms. The molecule has 6 heteroatoms. The van der Waals surface area contributed by atoms with Crippen LogP contribution in [0.15, 0.2) is 23.1 Å².